The molecule has 10 aromatic rings. The fourth-order valence-corrected chi connectivity index (χ4v) is 8.74. The van der Waals surface area contributed by atoms with Crippen LogP contribution in [0.15, 0.2) is 200 Å². The third-order valence-electron chi connectivity index (χ3n) is 10.2. The quantitative estimate of drug-likeness (QED) is 0.169. The molecule has 1 aromatic heterocycles. The summed E-state index contributed by atoms with van der Waals surface area (Å²) in [4.78, 5) is 2.42. The maximum atomic E-state index is 2.42. The van der Waals surface area contributed by atoms with Gasteiger partial charge in [0.2, 0.25) is 0 Å². The molecule has 0 aliphatic heterocycles. The third-order valence-corrected chi connectivity index (χ3v) is 11.4. The van der Waals surface area contributed by atoms with Gasteiger partial charge in [-0.25, -0.2) is 0 Å². The maximum absolute atomic E-state index is 2.42. The first-order chi connectivity index (χ1) is 25.7. The number of fused-ring (bicyclic) bond motifs is 5. The fourth-order valence-electron chi connectivity index (χ4n) is 7.57. The topological polar surface area (TPSA) is 3.24 Å². The molecule has 2 heteroatoms. The van der Waals surface area contributed by atoms with Gasteiger partial charge < -0.3 is 4.90 Å². The Morgan fingerprint density at radius 2 is 0.788 bits per heavy atom. The molecule has 0 atom stereocenters. The minimum Gasteiger partial charge on any atom is -0.310 e. The van der Waals surface area contributed by atoms with E-state index in [0.717, 1.165) is 11.4 Å². The molecule has 0 fully saturated rings. The SMILES string of the molecule is c1ccc(-c2ccc3c(c2)sc2cccc(N(c4ccc(-c5ccc6ccccc6c5)cc4)c4ccc(-c5ccc6ccccc6c5)cc4)c23)cc1. The van der Waals surface area contributed by atoms with Crippen LogP contribution >= 0.6 is 11.3 Å². The van der Waals surface area contributed by atoms with Crippen LogP contribution in [0, 0.1) is 0 Å². The molecule has 1 nitrogen and oxygen atoms in total. The molecular weight excluding hydrogens is 647 g/mol. The van der Waals surface area contributed by atoms with Crippen molar-refractivity contribution in [2.75, 3.05) is 4.90 Å². The molecular formula is C50H33NS. The molecule has 244 valence electrons. The summed E-state index contributed by atoms with van der Waals surface area (Å²) in [5.74, 6) is 0. The van der Waals surface area contributed by atoms with Crippen LogP contribution in [0.2, 0.25) is 0 Å². The van der Waals surface area contributed by atoms with E-state index in [1.54, 1.807) is 0 Å². The van der Waals surface area contributed by atoms with E-state index in [-0.39, 0.29) is 0 Å². The number of thiophene rings is 1. The zero-order valence-electron chi connectivity index (χ0n) is 28.4. The van der Waals surface area contributed by atoms with Crippen LogP contribution in [0.5, 0.6) is 0 Å². The molecule has 0 saturated heterocycles. The van der Waals surface area contributed by atoms with Crippen molar-refractivity contribution in [2.24, 2.45) is 0 Å². The normalized spacial score (nSPS) is 11.5. The van der Waals surface area contributed by atoms with Gasteiger partial charge in [-0.3, -0.25) is 0 Å². The van der Waals surface area contributed by atoms with Crippen LogP contribution in [0.4, 0.5) is 17.1 Å². The summed E-state index contributed by atoms with van der Waals surface area (Å²) in [7, 11) is 0. The highest BCUT2D eigenvalue weighted by atomic mass is 32.1. The molecule has 0 aliphatic rings. The summed E-state index contributed by atoms with van der Waals surface area (Å²) in [5.41, 5.74) is 10.7. The first-order valence-corrected chi connectivity index (χ1v) is 18.6. The average molecular weight is 680 g/mol. The van der Waals surface area contributed by atoms with E-state index in [1.165, 1.54) is 80.8 Å². The van der Waals surface area contributed by atoms with Crippen molar-refractivity contribution in [1.29, 1.82) is 0 Å². The van der Waals surface area contributed by atoms with Crippen LogP contribution in [0.1, 0.15) is 0 Å². The molecule has 0 unspecified atom stereocenters. The second-order valence-electron chi connectivity index (χ2n) is 13.4. The van der Waals surface area contributed by atoms with Crippen molar-refractivity contribution < 1.29 is 0 Å². The van der Waals surface area contributed by atoms with Gasteiger partial charge in [0.25, 0.3) is 0 Å². The molecule has 0 saturated carbocycles. The Morgan fingerprint density at radius 1 is 0.308 bits per heavy atom. The predicted molar refractivity (Wildman–Crippen MR) is 225 cm³/mol. The lowest BCUT2D eigenvalue weighted by molar-refractivity contribution is 1.30. The monoisotopic (exact) mass is 679 g/mol. The minimum absolute atomic E-state index is 1.12. The summed E-state index contributed by atoms with van der Waals surface area (Å²) in [6.45, 7) is 0. The zero-order chi connectivity index (χ0) is 34.4. The fraction of sp³-hybridized carbons (Fsp3) is 0. The van der Waals surface area contributed by atoms with Gasteiger partial charge in [-0.05, 0) is 110 Å². The van der Waals surface area contributed by atoms with Crippen LogP contribution < -0.4 is 4.90 Å². The molecule has 0 amide bonds. The van der Waals surface area contributed by atoms with Gasteiger partial charge in [0.15, 0.2) is 0 Å². The molecule has 1 heterocycles. The van der Waals surface area contributed by atoms with E-state index in [2.05, 4.69) is 205 Å². The first-order valence-electron chi connectivity index (χ1n) is 17.7. The Kier molecular flexibility index (Phi) is 7.41. The number of rotatable bonds is 6. The minimum atomic E-state index is 1.12. The van der Waals surface area contributed by atoms with E-state index in [1.807, 2.05) is 11.3 Å². The molecule has 0 radical (unpaired) electrons. The van der Waals surface area contributed by atoms with Crippen molar-refractivity contribution in [3.63, 3.8) is 0 Å². The number of hydrogen-bond acceptors (Lipinski definition) is 2. The largest absolute Gasteiger partial charge is 0.310 e. The highest BCUT2D eigenvalue weighted by Gasteiger charge is 2.19. The van der Waals surface area contributed by atoms with Gasteiger partial charge >= 0.3 is 0 Å². The van der Waals surface area contributed by atoms with E-state index in [9.17, 15) is 0 Å². The highest BCUT2D eigenvalue weighted by Crippen LogP contribution is 2.46. The van der Waals surface area contributed by atoms with Gasteiger partial charge in [-0.1, -0.05) is 146 Å². The average Bonchev–Trinajstić information content (AvgIpc) is 3.60. The smallest absolute Gasteiger partial charge is 0.0554 e. The first kappa shape index (κ1) is 30.4. The third kappa shape index (κ3) is 5.42. The van der Waals surface area contributed by atoms with E-state index in [0.29, 0.717) is 0 Å². The number of hydrogen-bond donors (Lipinski definition) is 0. The second kappa shape index (κ2) is 12.7. The molecule has 9 aromatic carbocycles. The molecule has 0 bridgehead atoms. The van der Waals surface area contributed by atoms with Crippen LogP contribution in [-0.4, -0.2) is 0 Å². The van der Waals surface area contributed by atoms with Gasteiger partial charge in [0.05, 0.1) is 5.69 Å². The molecule has 0 aliphatic carbocycles. The second-order valence-corrected chi connectivity index (χ2v) is 14.5. The van der Waals surface area contributed by atoms with Crippen LogP contribution in [0.3, 0.4) is 0 Å². The number of anilines is 3. The lowest BCUT2D eigenvalue weighted by Gasteiger charge is -2.27. The summed E-state index contributed by atoms with van der Waals surface area (Å²) >= 11 is 1.87. The Labute approximate surface area is 307 Å². The summed E-state index contributed by atoms with van der Waals surface area (Å²) in [6.07, 6.45) is 0. The van der Waals surface area contributed by atoms with Crippen LogP contribution in [-0.2, 0) is 0 Å². The lowest BCUT2D eigenvalue weighted by atomic mass is 9.99. The maximum Gasteiger partial charge on any atom is 0.0554 e. The number of nitrogens with zero attached hydrogens (tertiary/aromatic N) is 1. The summed E-state index contributed by atoms with van der Waals surface area (Å²) in [5, 5.41) is 7.58. The van der Waals surface area contributed by atoms with Crippen LogP contribution in [0.25, 0.3) is 75.1 Å². The summed E-state index contributed by atoms with van der Waals surface area (Å²) < 4.78 is 2.57. The number of benzene rings is 9. The van der Waals surface area contributed by atoms with E-state index >= 15 is 0 Å². The van der Waals surface area contributed by atoms with Crippen molar-refractivity contribution in [2.45, 2.75) is 0 Å². The standard InChI is InChI=1S/C50H33NS/c1-2-9-34(10-3-1)43-25-30-46-49(33-43)52-48-16-8-15-47(50(46)48)51(44-26-21-37(22-27-44)41-19-17-35-11-4-6-13-39(35)31-41)45-28-23-38(24-29-45)42-20-18-36-12-5-7-14-40(36)32-42/h1-33H. The van der Waals surface area contributed by atoms with E-state index < -0.39 is 0 Å². The van der Waals surface area contributed by atoms with Gasteiger partial charge in [-0.15, -0.1) is 11.3 Å². The zero-order valence-corrected chi connectivity index (χ0v) is 29.2. The van der Waals surface area contributed by atoms with Gasteiger partial charge in [0, 0.05) is 31.5 Å². The Bertz CT molecular complexity index is 2760. The van der Waals surface area contributed by atoms with Gasteiger partial charge in [0.1, 0.15) is 0 Å². The Morgan fingerprint density at radius 3 is 1.38 bits per heavy atom. The molecule has 0 N–H and O–H groups in total. The Hall–Kier alpha value is -6.48. The molecule has 10 rings (SSSR count). The Balaban J connectivity index is 1.10. The molecule has 52 heavy (non-hydrogen) atoms. The van der Waals surface area contributed by atoms with Crippen molar-refractivity contribution >= 4 is 70.1 Å². The van der Waals surface area contributed by atoms with Gasteiger partial charge in [-0.2, -0.15) is 0 Å². The van der Waals surface area contributed by atoms with E-state index in [4.69, 9.17) is 0 Å². The lowest BCUT2D eigenvalue weighted by Crippen LogP contribution is -2.10. The summed E-state index contributed by atoms with van der Waals surface area (Å²) in [6, 6.07) is 73.0. The molecule has 0 spiro atoms. The predicted octanol–water partition coefficient (Wildman–Crippen LogP) is 14.8. The van der Waals surface area contributed by atoms with Crippen molar-refractivity contribution in [3.05, 3.63) is 200 Å². The van der Waals surface area contributed by atoms with Crippen molar-refractivity contribution in [3.8, 4) is 33.4 Å². The highest BCUT2D eigenvalue weighted by molar-refractivity contribution is 7.26. The van der Waals surface area contributed by atoms with Crippen molar-refractivity contribution in [1.82, 2.24) is 0 Å².